The smallest absolute Gasteiger partial charge is 0.306 e. The van der Waals surface area contributed by atoms with Crippen LogP contribution in [0.3, 0.4) is 0 Å². The molecule has 0 saturated carbocycles. The average molecular weight is 264 g/mol. The molecule has 0 amide bonds. The number of ketones is 1. The van der Waals surface area contributed by atoms with E-state index in [1.165, 1.54) is 7.11 Å². The van der Waals surface area contributed by atoms with Crippen molar-refractivity contribution in [3.63, 3.8) is 0 Å². The second-order valence-electron chi connectivity index (χ2n) is 4.25. The molecule has 1 N–H and O–H groups in total. The molecule has 0 spiro atoms. The van der Waals surface area contributed by atoms with Gasteiger partial charge in [0.05, 0.1) is 20.0 Å². The zero-order valence-corrected chi connectivity index (χ0v) is 10.9. The Balaban J connectivity index is 2.97. The van der Waals surface area contributed by atoms with Gasteiger partial charge in [-0.05, 0) is 12.5 Å². The number of methoxy groups -OCH3 is 1. The van der Waals surface area contributed by atoms with E-state index in [1.54, 1.807) is 31.2 Å². The van der Waals surface area contributed by atoms with Crippen molar-refractivity contribution in [3.8, 4) is 0 Å². The summed E-state index contributed by atoms with van der Waals surface area (Å²) in [6, 6.07) is 6.89. The predicted molar refractivity (Wildman–Crippen MR) is 67.9 cm³/mol. The molecule has 0 aromatic heterocycles. The van der Waals surface area contributed by atoms with Crippen LogP contribution in [0.25, 0.3) is 0 Å². The number of carbonyl (C=O) groups excluding carboxylic acids is 2. The lowest BCUT2D eigenvalue weighted by molar-refractivity contribution is -0.142. The highest BCUT2D eigenvalue weighted by Crippen LogP contribution is 2.19. The molecule has 0 bridgehead atoms. The molecule has 0 radical (unpaired) electrons. The van der Waals surface area contributed by atoms with Crippen molar-refractivity contribution in [2.24, 2.45) is 5.92 Å². The van der Waals surface area contributed by atoms with E-state index in [9.17, 15) is 14.4 Å². The van der Waals surface area contributed by atoms with Gasteiger partial charge in [-0.1, -0.05) is 24.3 Å². The molecule has 5 heteroatoms. The van der Waals surface area contributed by atoms with Gasteiger partial charge in [-0.15, -0.1) is 0 Å². The topological polar surface area (TPSA) is 80.7 Å². The molecule has 0 fully saturated rings. The number of hydrogen-bond donors (Lipinski definition) is 1. The van der Waals surface area contributed by atoms with E-state index in [0.717, 1.165) is 5.56 Å². The fraction of sp³-hybridized carbons (Fsp3) is 0.357. The van der Waals surface area contributed by atoms with Crippen LogP contribution >= 0.6 is 0 Å². The summed E-state index contributed by atoms with van der Waals surface area (Å²) >= 11 is 0. The first-order valence-corrected chi connectivity index (χ1v) is 5.84. The maximum atomic E-state index is 12.3. The van der Waals surface area contributed by atoms with Crippen molar-refractivity contribution >= 4 is 17.7 Å². The highest BCUT2D eigenvalue weighted by Gasteiger charge is 2.26. The number of ether oxygens (including phenoxy) is 1. The second-order valence-corrected chi connectivity index (χ2v) is 4.25. The standard InChI is InChI=1S/C14H16O5/c1-9-5-3-4-6-11(9)14(18)10(7-12(15)16)8-13(17)19-2/h3-6,10H,7-8H2,1-2H3,(H,15,16). The van der Waals surface area contributed by atoms with Crippen molar-refractivity contribution < 1.29 is 24.2 Å². The van der Waals surface area contributed by atoms with Gasteiger partial charge in [0.15, 0.2) is 5.78 Å². The van der Waals surface area contributed by atoms with Gasteiger partial charge in [0.25, 0.3) is 0 Å². The maximum absolute atomic E-state index is 12.3. The van der Waals surface area contributed by atoms with E-state index in [4.69, 9.17) is 5.11 Å². The number of rotatable bonds is 6. The number of carbonyl (C=O) groups is 3. The summed E-state index contributed by atoms with van der Waals surface area (Å²) in [7, 11) is 1.21. The van der Waals surface area contributed by atoms with Crippen LogP contribution in [0.15, 0.2) is 24.3 Å². The van der Waals surface area contributed by atoms with Crippen molar-refractivity contribution in [3.05, 3.63) is 35.4 Å². The number of benzene rings is 1. The van der Waals surface area contributed by atoms with Gasteiger partial charge in [0, 0.05) is 11.5 Å². The monoisotopic (exact) mass is 264 g/mol. The van der Waals surface area contributed by atoms with Gasteiger partial charge in [-0.25, -0.2) is 0 Å². The van der Waals surface area contributed by atoms with Crippen molar-refractivity contribution in [1.29, 1.82) is 0 Å². The predicted octanol–water partition coefficient (Wildman–Crippen LogP) is 1.83. The third-order valence-corrected chi connectivity index (χ3v) is 2.84. The Bertz CT molecular complexity index is 492. The molecule has 1 aromatic carbocycles. The Morgan fingerprint density at radius 1 is 1.21 bits per heavy atom. The summed E-state index contributed by atoms with van der Waals surface area (Å²) in [6.45, 7) is 1.77. The molecule has 1 aromatic rings. The summed E-state index contributed by atoms with van der Waals surface area (Å²) in [4.78, 5) is 34.3. The van der Waals surface area contributed by atoms with Crippen molar-refractivity contribution in [1.82, 2.24) is 0 Å². The quantitative estimate of drug-likeness (QED) is 0.626. The SMILES string of the molecule is COC(=O)CC(CC(=O)O)C(=O)c1ccccc1C. The number of carboxylic acid groups (broad SMARTS) is 1. The normalized spacial score (nSPS) is 11.7. The lowest BCUT2D eigenvalue weighted by Crippen LogP contribution is -2.23. The Kier molecular flexibility index (Phi) is 5.23. The van der Waals surface area contributed by atoms with E-state index in [2.05, 4.69) is 4.74 Å². The molecule has 0 saturated heterocycles. The molecule has 0 heterocycles. The fourth-order valence-corrected chi connectivity index (χ4v) is 1.82. The van der Waals surface area contributed by atoms with E-state index < -0.39 is 17.9 Å². The van der Waals surface area contributed by atoms with Crippen LogP contribution in [0.5, 0.6) is 0 Å². The molecule has 0 aliphatic carbocycles. The van der Waals surface area contributed by atoms with Crippen LogP contribution < -0.4 is 0 Å². The van der Waals surface area contributed by atoms with Crippen LogP contribution in [0.1, 0.15) is 28.8 Å². The summed E-state index contributed by atoms with van der Waals surface area (Å²) < 4.78 is 4.49. The largest absolute Gasteiger partial charge is 0.481 e. The van der Waals surface area contributed by atoms with Gasteiger partial charge in [0.1, 0.15) is 0 Å². The van der Waals surface area contributed by atoms with Gasteiger partial charge >= 0.3 is 11.9 Å². The Morgan fingerprint density at radius 3 is 2.37 bits per heavy atom. The summed E-state index contributed by atoms with van der Waals surface area (Å²) in [6.07, 6.45) is -0.613. The van der Waals surface area contributed by atoms with Gasteiger partial charge in [-0.3, -0.25) is 14.4 Å². The zero-order valence-electron chi connectivity index (χ0n) is 10.9. The number of Topliss-reactive ketones (excluding diaryl/α,β-unsaturated/α-hetero) is 1. The molecule has 0 aliphatic heterocycles. The molecule has 1 atom stereocenters. The lowest BCUT2D eigenvalue weighted by Gasteiger charge is -2.14. The van der Waals surface area contributed by atoms with Crippen LogP contribution in [0, 0.1) is 12.8 Å². The number of aliphatic carboxylic acids is 1. The van der Waals surface area contributed by atoms with Gasteiger partial charge in [-0.2, -0.15) is 0 Å². The molecular formula is C14H16O5. The van der Waals surface area contributed by atoms with Crippen LogP contribution in [0.2, 0.25) is 0 Å². The molecule has 5 nitrogen and oxygen atoms in total. The minimum atomic E-state index is -1.11. The summed E-state index contributed by atoms with van der Waals surface area (Å²) in [5, 5.41) is 8.83. The van der Waals surface area contributed by atoms with E-state index in [-0.39, 0.29) is 18.6 Å². The van der Waals surface area contributed by atoms with Gasteiger partial charge in [0.2, 0.25) is 0 Å². The number of aryl methyl sites for hydroxylation is 1. The summed E-state index contributed by atoms with van der Waals surface area (Å²) in [5.41, 5.74) is 1.20. The average Bonchev–Trinajstić information content (AvgIpc) is 2.37. The highest BCUT2D eigenvalue weighted by atomic mass is 16.5. The second kappa shape index (κ2) is 6.68. The van der Waals surface area contributed by atoms with E-state index >= 15 is 0 Å². The molecule has 1 rings (SSSR count). The third-order valence-electron chi connectivity index (χ3n) is 2.84. The third kappa shape index (κ3) is 4.21. The molecule has 19 heavy (non-hydrogen) atoms. The first-order chi connectivity index (χ1) is 8.95. The molecule has 1 unspecified atom stereocenters. The van der Waals surface area contributed by atoms with Crippen molar-refractivity contribution in [2.75, 3.05) is 7.11 Å². The van der Waals surface area contributed by atoms with Crippen molar-refractivity contribution in [2.45, 2.75) is 19.8 Å². The minimum Gasteiger partial charge on any atom is -0.481 e. The summed E-state index contributed by atoms with van der Waals surface area (Å²) in [5.74, 6) is -2.94. The van der Waals surface area contributed by atoms with Crippen LogP contribution in [0.4, 0.5) is 0 Å². The first kappa shape index (κ1) is 14.9. The first-order valence-electron chi connectivity index (χ1n) is 5.84. The molecule has 102 valence electrons. The minimum absolute atomic E-state index is 0.226. The zero-order chi connectivity index (χ0) is 14.4. The van der Waals surface area contributed by atoms with E-state index in [0.29, 0.717) is 5.56 Å². The number of hydrogen-bond acceptors (Lipinski definition) is 4. The fourth-order valence-electron chi connectivity index (χ4n) is 1.82. The molecule has 0 aliphatic rings. The lowest BCUT2D eigenvalue weighted by atomic mass is 9.90. The Labute approximate surface area is 111 Å². The number of esters is 1. The molecular weight excluding hydrogens is 248 g/mol. The highest BCUT2D eigenvalue weighted by molar-refractivity contribution is 6.01. The van der Waals surface area contributed by atoms with Crippen LogP contribution in [-0.2, 0) is 14.3 Å². The number of carboxylic acids is 1. The maximum Gasteiger partial charge on any atom is 0.306 e. The Morgan fingerprint density at radius 2 is 1.84 bits per heavy atom. The Hall–Kier alpha value is -2.17. The van der Waals surface area contributed by atoms with E-state index in [1.807, 2.05) is 0 Å². The van der Waals surface area contributed by atoms with Crippen LogP contribution in [-0.4, -0.2) is 29.9 Å². The van der Waals surface area contributed by atoms with Gasteiger partial charge < -0.3 is 9.84 Å².